The molecule has 2 aromatic rings. The lowest BCUT2D eigenvalue weighted by molar-refractivity contribution is -0.139. The highest BCUT2D eigenvalue weighted by Gasteiger charge is 2.30. The number of hydrogen-bond acceptors (Lipinski definition) is 5. The summed E-state index contributed by atoms with van der Waals surface area (Å²) >= 11 is 0. The van der Waals surface area contributed by atoms with Gasteiger partial charge in [0.15, 0.2) is 12.2 Å². The molecule has 2 amide bonds. The van der Waals surface area contributed by atoms with Gasteiger partial charge in [-0.1, -0.05) is 17.7 Å². The quantitative estimate of drug-likeness (QED) is 0.331. The van der Waals surface area contributed by atoms with Gasteiger partial charge in [0.25, 0.3) is 11.8 Å². The zero-order chi connectivity index (χ0) is 19.3. The van der Waals surface area contributed by atoms with Crippen molar-refractivity contribution in [2.45, 2.75) is 19.1 Å². The van der Waals surface area contributed by atoms with Crippen molar-refractivity contribution in [2.75, 3.05) is 10.6 Å². The molecule has 1 unspecified atom stereocenters. The van der Waals surface area contributed by atoms with Crippen molar-refractivity contribution in [3.05, 3.63) is 59.7 Å². The van der Waals surface area contributed by atoms with Gasteiger partial charge in [-0.25, -0.2) is 0 Å². The molecule has 7 N–H and O–H groups in total. The van der Waals surface area contributed by atoms with Crippen LogP contribution in [0.2, 0.25) is 0 Å². The van der Waals surface area contributed by atoms with Crippen LogP contribution in [0.4, 0.5) is 11.4 Å². The first-order chi connectivity index (χ1) is 12.3. The third-order valence-corrected chi connectivity index (χ3v) is 3.62. The highest BCUT2D eigenvalue weighted by Crippen LogP contribution is 2.12. The van der Waals surface area contributed by atoms with E-state index in [1.54, 1.807) is 24.3 Å². The highest BCUT2D eigenvalue weighted by molar-refractivity contribution is 6.02. The van der Waals surface area contributed by atoms with Gasteiger partial charge in [0, 0.05) is 16.9 Å². The van der Waals surface area contributed by atoms with Gasteiger partial charge < -0.3 is 26.6 Å². The van der Waals surface area contributed by atoms with Gasteiger partial charge in [-0.05, 0) is 43.3 Å². The Labute approximate surface area is 150 Å². The van der Waals surface area contributed by atoms with Crippen LogP contribution in [-0.4, -0.2) is 40.1 Å². The first kappa shape index (κ1) is 19.1. The van der Waals surface area contributed by atoms with Gasteiger partial charge in [0.1, 0.15) is 5.84 Å². The second kappa shape index (κ2) is 8.24. The van der Waals surface area contributed by atoms with Crippen molar-refractivity contribution in [3.63, 3.8) is 0 Å². The van der Waals surface area contributed by atoms with Gasteiger partial charge in [-0.15, -0.1) is 0 Å². The van der Waals surface area contributed by atoms with Crippen molar-refractivity contribution >= 4 is 29.0 Å². The fourth-order valence-electron chi connectivity index (χ4n) is 2.09. The Morgan fingerprint density at radius 1 is 0.885 bits per heavy atom. The van der Waals surface area contributed by atoms with E-state index in [-0.39, 0.29) is 5.84 Å². The lowest BCUT2D eigenvalue weighted by Crippen LogP contribution is -2.45. The first-order valence-electron chi connectivity index (χ1n) is 7.77. The standard InChI is InChI=1S/C18H20N4O4/c1-10-2-6-12(7-3-10)21-17(25)14(23)15(24)18(26)22-13-8-4-11(5-9-13)16(19)20/h2-9,14-15,23-24H,1H3,(H3,19,20)(H,21,25)(H,22,26)/t14?,15-/m1/s1. The average molecular weight is 356 g/mol. The normalized spacial score (nSPS) is 12.7. The summed E-state index contributed by atoms with van der Waals surface area (Å²) in [6.45, 7) is 1.89. The lowest BCUT2D eigenvalue weighted by Gasteiger charge is -2.17. The molecule has 0 aliphatic carbocycles. The molecule has 0 saturated carbocycles. The Morgan fingerprint density at radius 2 is 1.27 bits per heavy atom. The van der Waals surface area contributed by atoms with E-state index in [0.717, 1.165) is 5.56 Å². The maximum Gasteiger partial charge on any atom is 0.256 e. The predicted octanol–water partition coefficient (Wildman–Crippen LogP) is 0.578. The molecule has 2 rings (SSSR count). The Kier molecular flexibility index (Phi) is 6.05. The number of aliphatic hydroxyl groups excluding tert-OH is 2. The summed E-state index contributed by atoms with van der Waals surface area (Å²) in [5.41, 5.74) is 7.57. The maximum atomic E-state index is 12.0. The van der Waals surface area contributed by atoms with Crippen LogP contribution in [0.25, 0.3) is 0 Å². The molecular formula is C18H20N4O4. The molecule has 0 saturated heterocycles. The molecule has 136 valence electrons. The second-order valence-corrected chi connectivity index (χ2v) is 5.73. The Balaban J connectivity index is 1.96. The number of amidine groups is 1. The molecule has 0 aromatic heterocycles. The van der Waals surface area contributed by atoms with Gasteiger partial charge in [0.2, 0.25) is 0 Å². The highest BCUT2D eigenvalue weighted by atomic mass is 16.3. The molecule has 0 aliphatic heterocycles. The summed E-state index contributed by atoms with van der Waals surface area (Å²) in [7, 11) is 0. The van der Waals surface area contributed by atoms with Gasteiger partial charge in [-0.2, -0.15) is 0 Å². The minimum atomic E-state index is -1.95. The smallest absolute Gasteiger partial charge is 0.256 e. The van der Waals surface area contributed by atoms with E-state index in [1.165, 1.54) is 24.3 Å². The zero-order valence-electron chi connectivity index (χ0n) is 14.1. The summed E-state index contributed by atoms with van der Waals surface area (Å²) in [5, 5.41) is 31.9. The fourth-order valence-corrected chi connectivity index (χ4v) is 2.09. The van der Waals surface area contributed by atoms with Crippen LogP contribution in [0.3, 0.4) is 0 Å². The summed E-state index contributed by atoms with van der Waals surface area (Å²) in [5.74, 6) is -1.96. The van der Waals surface area contributed by atoms with Crippen molar-refractivity contribution in [1.82, 2.24) is 0 Å². The van der Waals surface area contributed by atoms with E-state index in [1.807, 2.05) is 6.92 Å². The molecule has 8 nitrogen and oxygen atoms in total. The van der Waals surface area contributed by atoms with Crippen LogP contribution in [0.1, 0.15) is 11.1 Å². The van der Waals surface area contributed by atoms with Gasteiger partial charge >= 0.3 is 0 Å². The average Bonchev–Trinajstić information content (AvgIpc) is 2.62. The molecular weight excluding hydrogens is 336 g/mol. The molecule has 0 spiro atoms. The SMILES string of the molecule is Cc1ccc(NC(=O)C(O)[C@@H](O)C(=O)Nc2ccc(C(=N)N)cc2)cc1. The maximum absolute atomic E-state index is 12.0. The van der Waals surface area contributed by atoms with Crippen molar-refractivity contribution in [3.8, 4) is 0 Å². The molecule has 26 heavy (non-hydrogen) atoms. The number of aliphatic hydroxyl groups is 2. The van der Waals surface area contributed by atoms with Gasteiger partial charge in [-0.3, -0.25) is 15.0 Å². The molecule has 0 radical (unpaired) electrons. The largest absolute Gasteiger partial charge is 0.384 e. The Morgan fingerprint density at radius 3 is 1.65 bits per heavy atom. The first-order valence-corrected chi connectivity index (χ1v) is 7.77. The van der Waals surface area contributed by atoms with Crippen LogP contribution >= 0.6 is 0 Å². The molecule has 0 bridgehead atoms. The molecule has 0 heterocycles. The molecule has 0 fully saturated rings. The Bertz CT molecular complexity index is 803. The van der Waals surface area contributed by atoms with Crippen LogP contribution in [0.15, 0.2) is 48.5 Å². The van der Waals surface area contributed by atoms with Crippen LogP contribution < -0.4 is 16.4 Å². The van der Waals surface area contributed by atoms with Crippen molar-refractivity contribution in [1.29, 1.82) is 5.41 Å². The summed E-state index contributed by atoms with van der Waals surface area (Å²) < 4.78 is 0. The van der Waals surface area contributed by atoms with E-state index in [9.17, 15) is 19.8 Å². The fraction of sp³-hybridized carbons (Fsp3) is 0.167. The molecule has 8 heteroatoms. The van der Waals surface area contributed by atoms with E-state index in [2.05, 4.69) is 10.6 Å². The Hall–Kier alpha value is -3.23. The summed E-state index contributed by atoms with van der Waals surface area (Å²) in [6.07, 6.45) is -3.89. The third-order valence-electron chi connectivity index (χ3n) is 3.62. The van der Waals surface area contributed by atoms with Gasteiger partial charge in [0.05, 0.1) is 0 Å². The van der Waals surface area contributed by atoms with Crippen LogP contribution in [0, 0.1) is 12.3 Å². The summed E-state index contributed by atoms with van der Waals surface area (Å²) in [6, 6.07) is 12.8. The van der Waals surface area contributed by atoms with Crippen molar-refractivity contribution < 1.29 is 19.8 Å². The minimum Gasteiger partial charge on any atom is -0.384 e. The molecule has 2 aromatic carbocycles. The number of benzene rings is 2. The summed E-state index contributed by atoms with van der Waals surface area (Å²) in [4.78, 5) is 24.0. The number of hydrogen-bond donors (Lipinski definition) is 6. The second-order valence-electron chi connectivity index (χ2n) is 5.73. The lowest BCUT2D eigenvalue weighted by atomic mass is 10.1. The van der Waals surface area contributed by atoms with E-state index in [0.29, 0.717) is 16.9 Å². The minimum absolute atomic E-state index is 0.119. The molecule has 0 aliphatic rings. The van der Waals surface area contributed by atoms with E-state index in [4.69, 9.17) is 11.1 Å². The van der Waals surface area contributed by atoms with Crippen molar-refractivity contribution in [2.24, 2.45) is 5.73 Å². The van der Waals surface area contributed by atoms with E-state index >= 15 is 0 Å². The number of carbonyl (C=O) groups excluding carboxylic acids is 2. The van der Waals surface area contributed by atoms with E-state index < -0.39 is 24.0 Å². The number of nitrogen functional groups attached to an aromatic ring is 1. The zero-order valence-corrected chi connectivity index (χ0v) is 14.1. The topological polar surface area (TPSA) is 149 Å². The van der Waals surface area contributed by atoms with Crippen LogP contribution in [-0.2, 0) is 9.59 Å². The monoisotopic (exact) mass is 356 g/mol. The number of amides is 2. The number of carbonyl (C=O) groups is 2. The number of nitrogens with one attached hydrogen (secondary N) is 3. The number of anilines is 2. The molecule has 2 atom stereocenters. The number of rotatable bonds is 6. The predicted molar refractivity (Wildman–Crippen MR) is 97.9 cm³/mol. The number of aryl methyl sites for hydroxylation is 1. The van der Waals surface area contributed by atoms with Crippen LogP contribution in [0.5, 0.6) is 0 Å². The third kappa shape index (κ3) is 4.88. The number of nitrogens with two attached hydrogens (primary N) is 1.